The predicted molar refractivity (Wildman–Crippen MR) is 79.2 cm³/mol. The molecular weight excluding hydrogens is 240 g/mol. The summed E-state index contributed by atoms with van der Waals surface area (Å²) in [6.07, 6.45) is 0. The number of hydrogen-bond donors (Lipinski definition) is 0. The average Bonchev–Trinajstić information content (AvgIpc) is 2.40. The Kier molecular flexibility index (Phi) is 4.09. The van der Waals surface area contributed by atoms with Crippen LogP contribution in [0.15, 0.2) is 23.3 Å². The van der Waals surface area contributed by atoms with E-state index in [1.54, 1.807) is 0 Å². The van der Waals surface area contributed by atoms with Crippen LogP contribution in [-0.4, -0.2) is 20.7 Å². The molecule has 102 valence electrons. The average molecular weight is 266 g/mol. The Morgan fingerprint density at radius 3 is 2.11 bits per heavy atom. The van der Waals surface area contributed by atoms with Crippen molar-refractivity contribution in [2.24, 2.45) is 5.92 Å². The van der Waals surface area contributed by atoms with E-state index in [9.17, 15) is 4.79 Å². The maximum absolute atomic E-state index is 11.8. The van der Waals surface area contributed by atoms with Crippen molar-refractivity contribution in [3.05, 3.63) is 23.3 Å². The van der Waals surface area contributed by atoms with E-state index in [0.29, 0.717) is 12.2 Å². The van der Waals surface area contributed by atoms with Crippen molar-refractivity contribution in [1.29, 1.82) is 0 Å². The lowest BCUT2D eigenvalue weighted by molar-refractivity contribution is -0.112. The second kappa shape index (κ2) is 4.78. The van der Waals surface area contributed by atoms with Crippen molar-refractivity contribution in [2.75, 3.05) is 6.61 Å². The Morgan fingerprint density at radius 1 is 1.28 bits per heavy atom. The lowest BCUT2D eigenvalue weighted by Crippen LogP contribution is -2.42. The lowest BCUT2D eigenvalue weighted by Gasteiger charge is -2.37. The number of carbonyl (C=O) groups is 1. The molecule has 0 aromatic carbocycles. The van der Waals surface area contributed by atoms with Crippen molar-refractivity contribution in [3.8, 4) is 0 Å². The maximum Gasteiger partial charge on any atom is 0.192 e. The van der Waals surface area contributed by atoms with Gasteiger partial charge in [0, 0.05) is 18.1 Å². The highest BCUT2D eigenvalue weighted by Crippen LogP contribution is 2.39. The third kappa shape index (κ3) is 2.67. The first-order valence-corrected chi connectivity index (χ1v) is 9.44. The zero-order chi connectivity index (χ0) is 14.3. The summed E-state index contributed by atoms with van der Waals surface area (Å²) in [5.41, 5.74) is 2.68. The molecular formula is C15H26O2Si. The van der Waals surface area contributed by atoms with Crippen LogP contribution in [0.4, 0.5) is 0 Å². The Morgan fingerprint density at radius 2 is 1.78 bits per heavy atom. The van der Waals surface area contributed by atoms with Gasteiger partial charge in [-0.2, -0.15) is 0 Å². The molecule has 0 aromatic heterocycles. The summed E-state index contributed by atoms with van der Waals surface area (Å²) < 4.78 is 6.21. The number of ketones is 1. The summed E-state index contributed by atoms with van der Waals surface area (Å²) in [6, 6.07) is 0. The molecule has 1 aliphatic carbocycles. The highest BCUT2D eigenvalue weighted by Gasteiger charge is 2.39. The standard InChI is InChI=1S/C15H26O2Si/c1-10-11(2)14(16)12(3)13(10)9-17-18(7,8)15(4,5)6/h13H,3,9H2,1-2,4-8H3. The van der Waals surface area contributed by atoms with Crippen LogP contribution in [0.3, 0.4) is 0 Å². The first-order valence-electron chi connectivity index (χ1n) is 6.54. The van der Waals surface area contributed by atoms with E-state index in [-0.39, 0.29) is 16.7 Å². The van der Waals surface area contributed by atoms with Gasteiger partial charge in [-0.15, -0.1) is 0 Å². The van der Waals surface area contributed by atoms with Gasteiger partial charge in [-0.25, -0.2) is 0 Å². The van der Waals surface area contributed by atoms with Crippen molar-refractivity contribution in [2.45, 2.75) is 52.8 Å². The normalized spacial score (nSPS) is 22.1. The predicted octanol–water partition coefficient (Wildman–Crippen LogP) is 4.10. The minimum Gasteiger partial charge on any atom is -0.416 e. The number of Topliss-reactive ketones (excluding diaryl/α,β-unsaturated/α-hetero) is 1. The van der Waals surface area contributed by atoms with Gasteiger partial charge in [0.05, 0.1) is 0 Å². The summed E-state index contributed by atoms with van der Waals surface area (Å²) in [4.78, 5) is 11.8. The second-order valence-corrected chi connectivity index (χ2v) is 11.6. The Labute approximate surface area is 112 Å². The van der Waals surface area contributed by atoms with Crippen LogP contribution in [0.1, 0.15) is 34.6 Å². The van der Waals surface area contributed by atoms with Crippen LogP contribution >= 0.6 is 0 Å². The molecule has 1 rings (SSSR count). The Balaban J connectivity index is 2.78. The zero-order valence-electron chi connectivity index (χ0n) is 12.8. The van der Waals surface area contributed by atoms with Gasteiger partial charge in [-0.1, -0.05) is 32.9 Å². The lowest BCUT2D eigenvalue weighted by atomic mass is 10.0. The van der Waals surface area contributed by atoms with Gasteiger partial charge in [0.25, 0.3) is 0 Å². The largest absolute Gasteiger partial charge is 0.416 e. The SMILES string of the molecule is C=C1C(=O)C(C)=C(C)C1CO[Si](C)(C)C(C)(C)C. The molecule has 0 heterocycles. The summed E-state index contributed by atoms with van der Waals surface area (Å²) in [5.74, 6) is 0.197. The minimum absolute atomic E-state index is 0.0895. The van der Waals surface area contributed by atoms with Crippen LogP contribution in [0.25, 0.3) is 0 Å². The third-order valence-corrected chi connectivity index (χ3v) is 9.08. The molecule has 0 radical (unpaired) electrons. The molecule has 0 N–H and O–H groups in total. The van der Waals surface area contributed by atoms with Gasteiger partial charge in [-0.05, 0) is 37.6 Å². The summed E-state index contributed by atoms with van der Waals surface area (Å²) in [7, 11) is -1.75. The Hall–Kier alpha value is -0.673. The molecule has 1 unspecified atom stereocenters. The first kappa shape index (κ1) is 15.4. The molecule has 0 spiro atoms. The topological polar surface area (TPSA) is 26.3 Å². The van der Waals surface area contributed by atoms with Gasteiger partial charge in [-0.3, -0.25) is 4.79 Å². The molecule has 0 aromatic rings. The van der Waals surface area contributed by atoms with Crippen molar-refractivity contribution in [1.82, 2.24) is 0 Å². The van der Waals surface area contributed by atoms with Crippen LogP contribution in [-0.2, 0) is 9.22 Å². The number of rotatable bonds is 3. The zero-order valence-corrected chi connectivity index (χ0v) is 13.8. The van der Waals surface area contributed by atoms with E-state index < -0.39 is 8.32 Å². The van der Waals surface area contributed by atoms with E-state index in [4.69, 9.17) is 4.43 Å². The molecule has 0 bridgehead atoms. The minimum atomic E-state index is -1.75. The van der Waals surface area contributed by atoms with Crippen molar-refractivity contribution < 1.29 is 9.22 Å². The van der Waals surface area contributed by atoms with E-state index in [0.717, 1.165) is 11.1 Å². The molecule has 0 saturated carbocycles. The van der Waals surface area contributed by atoms with Gasteiger partial charge in [0.15, 0.2) is 14.1 Å². The van der Waals surface area contributed by atoms with Crippen molar-refractivity contribution in [3.63, 3.8) is 0 Å². The Bertz CT molecular complexity index is 411. The first-order chi connectivity index (χ1) is 7.99. The molecule has 0 fully saturated rings. The molecule has 18 heavy (non-hydrogen) atoms. The van der Waals surface area contributed by atoms with Crippen LogP contribution in [0, 0.1) is 5.92 Å². The van der Waals surface area contributed by atoms with Gasteiger partial charge in [0.2, 0.25) is 0 Å². The van der Waals surface area contributed by atoms with Gasteiger partial charge >= 0.3 is 0 Å². The fraction of sp³-hybridized carbons (Fsp3) is 0.667. The van der Waals surface area contributed by atoms with E-state index in [1.165, 1.54) is 0 Å². The smallest absolute Gasteiger partial charge is 0.192 e. The number of hydrogen-bond acceptors (Lipinski definition) is 2. The van der Waals surface area contributed by atoms with E-state index in [2.05, 4.69) is 40.4 Å². The monoisotopic (exact) mass is 266 g/mol. The highest BCUT2D eigenvalue weighted by atomic mass is 28.4. The van der Waals surface area contributed by atoms with Gasteiger partial charge in [0.1, 0.15) is 0 Å². The second-order valence-electron chi connectivity index (χ2n) is 6.79. The summed E-state index contributed by atoms with van der Waals surface area (Å²) in [6.45, 7) is 19.6. The van der Waals surface area contributed by atoms with Crippen LogP contribution in [0.2, 0.25) is 18.1 Å². The molecule has 2 nitrogen and oxygen atoms in total. The van der Waals surface area contributed by atoms with Crippen molar-refractivity contribution >= 4 is 14.1 Å². The number of carbonyl (C=O) groups excluding carboxylic acids is 1. The summed E-state index contributed by atoms with van der Waals surface area (Å²) in [5, 5.41) is 0.198. The highest BCUT2D eigenvalue weighted by molar-refractivity contribution is 6.74. The van der Waals surface area contributed by atoms with Gasteiger partial charge < -0.3 is 4.43 Å². The maximum atomic E-state index is 11.8. The molecule has 1 atom stereocenters. The van der Waals surface area contributed by atoms with Crippen LogP contribution in [0.5, 0.6) is 0 Å². The van der Waals surface area contributed by atoms with E-state index in [1.807, 2.05) is 13.8 Å². The van der Waals surface area contributed by atoms with E-state index >= 15 is 0 Å². The number of allylic oxidation sites excluding steroid dienone is 1. The fourth-order valence-corrected chi connectivity index (χ4v) is 2.85. The summed E-state index contributed by atoms with van der Waals surface area (Å²) >= 11 is 0. The third-order valence-electron chi connectivity index (χ3n) is 4.58. The molecule has 1 aliphatic rings. The molecule has 0 aliphatic heterocycles. The fourth-order valence-electron chi connectivity index (χ4n) is 1.83. The molecule has 0 amide bonds. The molecule has 3 heteroatoms. The molecule has 0 saturated heterocycles. The van der Waals surface area contributed by atoms with Crippen LogP contribution < -0.4 is 0 Å². The quantitative estimate of drug-likeness (QED) is 0.568.